The number of benzene rings is 3. The molecule has 0 aliphatic heterocycles. The summed E-state index contributed by atoms with van der Waals surface area (Å²) in [5, 5.41) is 13.3. The summed E-state index contributed by atoms with van der Waals surface area (Å²) in [6.07, 6.45) is 0. The molecule has 0 aromatic heterocycles. The maximum absolute atomic E-state index is 13.1. The van der Waals surface area contributed by atoms with Crippen LogP contribution in [0.3, 0.4) is 0 Å². The first-order valence-corrected chi connectivity index (χ1v) is 13.9. The highest BCUT2D eigenvalue weighted by molar-refractivity contribution is 8.45. The van der Waals surface area contributed by atoms with E-state index < -0.39 is 33.0 Å². The molecule has 202 valence electrons. The van der Waals surface area contributed by atoms with Gasteiger partial charge in [-0.2, -0.15) is 11.8 Å². The van der Waals surface area contributed by atoms with E-state index in [0.29, 0.717) is 22.9 Å². The Hall–Kier alpha value is -2.99. The minimum Gasteiger partial charge on any atom is -0.487 e. The van der Waals surface area contributed by atoms with Gasteiger partial charge < -0.3 is 15.2 Å². The molecule has 5 nitrogen and oxygen atoms in total. The summed E-state index contributed by atoms with van der Waals surface area (Å²) in [5.41, 5.74) is 0.184. The Bertz CT molecular complexity index is 1320. The van der Waals surface area contributed by atoms with Crippen molar-refractivity contribution in [1.82, 2.24) is 5.32 Å². The number of amides is 1. The van der Waals surface area contributed by atoms with Gasteiger partial charge in [-0.25, -0.2) is 4.79 Å². The van der Waals surface area contributed by atoms with E-state index in [0.717, 1.165) is 12.1 Å². The Morgan fingerprint density at radius 1 is 0.973 bits per heavy atom. The number of carbonyl (C=O) groups is 2. The molecule has 3 aromatic carbocycles. The summed E-state index contributed by atoms with van der Waals surface area (Å²) < 4.78 is 70.6. The van der Waals surface area contributed by atoms with Crippen LogP contribution >= 0.6 is 22.0 Å². The molecule has 1 amide bonds. The Morgan fingerprint density at radius 3 is 2.16 bits per heavy atom. The zero-order valence-corrected chi connectivity index (χ0v) is 21.8. The molecule has 0 saturated heterocycles. The van der Waals surface area contributed by atoms with Crippen molar-refractivity contribution in [2.45, 2.75) is 43.1 Å². The lowest BCUT2D eigenvalue weighted by Gasteiger charge is -2.40. The molecular weight excluding hydrogens is 537 g/mol. The lowest BCUT2D eigenvalue weighted by atomic mass is 10.0. The molecular formula is C25H26F5NO4S2. The van der Waals surface area contributed by atoms with Gasteiger partial charge in [0.2, 0.25) is 0 Å². The van der Waals surface area contributed by atoms with E-state index in [1.165, 1.54) is 17.8 Å². The summed E-state index contributed by atoms with van der Waals surface area (Å²) >= 11 is 1.37. The monoisotopic (exact) mass is 563 g/mol. The second kappa shape index (κ2) is 9.39. The molecule has 0 radical (unpaired) electrons. The molecule has 1 atom stereocenters. The molecule has 0 bridgehead atoms. The van der Waals surface area contributed by atoms with E-state index >= 15 is 0 Å². The SMILES string of the molecule is CC(C)(C)SC[C@H](NC(=O)c1ccc2ccccc2c1OCc1ccc(S(F)(F)(F)(F)F)cc1)C(=O)O. The highest BCUT2D eigenvalue weighted by Gasteiger charge is 2.65. The highest BCUT2D eigenvalue weighted by Crippen LogP contribution is 3.02. The van der Waals surface area contributed by atoms with Crippen molar-refractivity contribution in [1.29, 1.82) is 0 Å². The van der Waals surface area contributed by atoms with Gasteiger partial charge in [-0.1, -0.05) is 82.7 Å². The molecule has 0 spiro atoms. The van der Waals surface area contributed by atoms with Crippen molar-refractivity contribution >= 4 is 44.6 Å². The fourth-order valence-electron chi connectivity index (χ4n) is 3.32. The van der Waals surface area contributed by atoms with Gasteiger partial charge in [0, 0.05) is 15.9 Å². The lowest BCUT2D eigenvalue weighted by Crippen LogP contribution is -2.43. The van der Waals surface area contributed by atoms with E-state index in [9.17, 15) is 34.1 Å². The Labute approximate surface area is 215 Å². The van der Waals surface area contributed by atoms with Crippen molar-refractivity contribution in [3.8, 4) is 5.75 Å². The van der Waals surface area contributed by atoms with E-state index in [1.807, 2.05) is 20.8 Å². The number of fused-ring (bicyclic) bond motifs is 1. The van der Waals surface area contributed by atoms with Crippen LogP contribution in [0.4, 0.5) is 19.4 Å². The number of rotatable bonds is 9. The second-order valence-corrected chi connectivity index (χ2v) is 13.6. The summed E-state index contributed by atoms with van der Waals surface area (Å²) in [6.45, 7) is 5.42. The Balaban J connectivity index is 1.89. The van der Waals surface area contributed by atoms with Crippen molar-refractivity contribution in [3.05, 3.63) is 71.8 Å². The van der Waals surface area contributed by atoms with Gasteiger partial charge in [0.25, 0.3) is 5.91 Å². The van der Waals surface area contributed by atoms with Gasteiger partial charge >= 0.3 is 16.2 Å². The summed E-state index contributed by atoms with van der Waals surface area (Å²) in [5.74, 6) is -1.72. The van der Waals surface area contributed by atoms with Gasteiger partial charge in [-0.15, -0.1) is 0 Å². The number of thioether (sulfide) groups is 1. The van der Waals surface area contributed by atoms with Crippen molar-refractivity contribution in [2.24, 2.45) is 0 Å². The number of carbonyl (C=O) groups excluding carboxylic acids is 1. The fraction of sp³-hybridized carbons (Fsp3) is 0.280. The van der Waals surface area contributed by atoms with Crippen LogP contribution in [0.2, 0.25) is 0 Å². The normalized spacial score (nSPS) is 14.9. The van der Waals surface area contributed by atoms with Crippen LogP contribution in [0.15, 0.2) is 65.6 Å². The quantitative estimate of drug-likeness (QED) is 0.260. The standard InChI is InChI=1S/C25H26F5NO4S2/c1-25(2,3)36-15-21(24(33)34)31-23(32)20-13-10-17-6-4-5-7-19(17)22(20)35-14-16-8-11-18(12-9-16)37(26,27,28,29)30/h4-13,21H,14-15H2,1-3H3,(H,31,32)(H,33,34)/t21-/m0/s1. The van der Waals surface area contributed by atoms with E-state index in [2.05, 4.69) is 5.32 Å². The maximum Gasteiger partial charge on any atom is 0.327 e. The minimum atomic E-state index is -9.80. The van der Waals surface area contributed by atoms with E-state index in [-0.39, 0.29) is 34.0 Å². The van der Waals surface area contributed by atoms with Crippen LogP contribution in [0.1, 0.15) is 36.7 Å². The summed E-state index contributed by atoms with van der Waals surface area (Å²) in [6, 6.07) is 11.1. The average molecular weight is 564 g/mol. The largest absolute Gasteiger partial charge is 0.487 e. The number of carboxylic acid groups (broad SMARTS) is 1. The van der Waals surface area contributed by atoms with Crippen molar-refractivity contribution in [3.63, 3.8) is 0 Å². The van der Waals surface area contributed by atoms with Crippen LogP contribution < -0.4 is 10.1 Å². The Morgan fingerprint density at radius 2 is 1.59 bits per heavy atom. The van der Waals surface area contributed by atoms with Gasteiger partial charge in [-0.05, 0) is 29.1 Å². The molecule has 0 aliphatic carbocycles. The molecule has 0 saturated carbocycles. The number of hydrogen-bond acceptors (Lipinski definition) is 4. The van der Waals surface area contributed by atoms with E-state index in [4.69, 9.17) is 4.74 Å². The number of hydrogen-bond donors (Lipinski definition) is 2. The zero-order chi connectivity index (χ0) is 27.7. The first-order valence-electron chi connectivity index (χ1n) is 11.0. The average Bonchev–Trinajstić information content (AvgIpc) is 2.77. The topological polar surface area (TPSA) is 75.6 Å². The van der Waals surface area contributed by atoms with Crippen LogP contribution in [-0.4, -0.2) is 33.5 Å². The molecule has 0 fully saturated rings. The molecule has 2 N–H and O–H groups in total. The third-order valence-electron chi connectivity index (χ3n) is 5.16. The van der Waals surface area contributed by atoms with Crippen LogP contribution in [0, 0.1) is 0 Å². The molecule has 0 heterocycles. The zero-order valence-electron chi connectivity index (χ0n) is 20.1. The Kier molecular flexibility index (Phi) is 7.25. The molecule has 12 heteroatoms. The van der Waals surface area contributed by atoms with Crippen LogP contribution in [0.25, 0.3) is 10.8 Å². The van der Waals surface area contributed by atoms with Gasteiger partial charge in [0.1, 0.15) is 23.3 Å². The van der Waals surface area contributed by atoms with Gasteiger partial charge in [0.05, 0.1) is 5.56 Å². The lowest BCUT2D eigenvalue weighted by molar-refractivity contribution is -0.138. The number of nitrogens with one attached hydrogen (secondary N) is 1. The number of ether oxygens (including phenoxy) is 1. The first kappa shape index (κ1) is 28.6. The smallest absolute Gasteiger partial charge is 0.327 e. The second-order valence-electron chi connectivity index (χ2n) is 9.35. The summed E-state index contributed by atoms with van der Waals surface area (Å²) in [7, 11) is -9.80. The molecule has 3 rings (SSSR count). The highest BCUT2D eigenvalue weighted by atomic mass is 32.5. The van der Waals surface area contributed by atoms with Gasteiger partial charge in [-0.3, -0.25) is 4.79 Å². The molecule has 0 unspecified atom stereocenters. The summed E-state index contributed by atoms with van der Waals surface area (Å²) in [4.78, 5) is 22.8. The third kappa shape index (κ3) is 7.75. The number of halogens is 5. The van der Waals surface area contributed by atoms with Crippen LogP contribution in [-0.2, 0) is 11.4 Å². The predicted molar refractivity (Wildman–Crippen MR) is 137 cm³/mol. The predicted octanol–water partition coefficient (Wildman–Crippen LogP) is 7.79. The maximum atomic E-state index is 13.1. The van der Waals surface area contributed by atoms with Crippen LogP contribution in [0.5, 0.6) is 5.75 Å². The fourth-order valence-corrected chi connectivity index (χ4v) is 4.86. The third-order valence-corrected chi connectivity index (χ3v) is 7.69. The van der Waals surface area contributed by atoms with Gasteiger partial charge in [0.15, 0.2) is 0 Å². The first-order chi connectivity index (χ1) is 16.8. The number of aliphatic carboxylic acids is 1. The minimum absolute atomic E-state index is 0.0225. The van der Waals surface area contributed by atoms with Crippen molar-refractivity contribution < 1.29 is 38.9 Å². The molecule has 37 heavy (non-hydrogen) atoms. The van der Waals surface area contributed by atoms with Crippen molar-refractivity contribution in [2.75, 3.05) is 5.75 Å². The van der Waals surface area contributed by atoms with E-state index in [1.54, 1.807) is 30.3 Å². The molecule has 3 aromatic rings. The number of carboxylic acids is 1. The molecule has 0 aliphatic rings.